The van der Waals surface area contributed by atoms with E-state index < -0.39 is 0 Å². The average molecular weight is 335 g/mol. The molecular weight excluding hydrogens is 314 g/mol. The molecule has 5 nitrogen and oxygen atoms in total. The standard InChI is InChI=1S/C20H21N3O2/c1-11-21-18-17(19(25)22-11)15(12-7-5-4-6-8-12)16-13(23-18)9-20(2,3)10-14(16)24/h4-8,15H,9-10H2,1-3H3,(H2,21,22,23,25). The van der Waals surface area contributed by atoms with Crippen molar-refractivity contribution in [2.75, 3.05) is 5.32 Å². The number of aryl methyl sites for hydroxylation is 1. The van der Waals surface area contributed by atoms with Crippen LogP contribution in [0.4, 0.5) is 5.82 Å². The number of H-pyrrole nitrogens is 1. The van der Waals surface area contributed by atoms with Crippen LogP contribution in [0.2, 0.25) is 0 Å². The van der Waals surface area contributed by atoms with E-state index in [2.05, 4.69) is 29.1 Å². The van der Waals surface area contributed by atoms with Crippen LogP contribution in [0.5, 0.6) is 0 Å². The van der Waals surface area contributed by atoms with Gasteiger partial charge in [0.05, 0.1) is 5.56 Å². The second-order valence-electron chi connectivity index (χ2n) is 7.72. The van der Waals surface area contributed by atoms with Crippen molar-refractivity contribution in [2.45, 2.75) is 39.5 Å². The van der Waals surface area contributed by atoms with Crippen molar-refractivity contribution in [1.82, 2.24) is 9.97 Å². The van der Waals surface area contributed by atoms with Crippen LogP contribution in [0.25, 0.3) is 0 Å². The van der Waals surface area contributed by atoms with E-state index in [-0.39, 0.29) is 22.7 Å². The summed E-state index contributed by atoms with van der Waals surface area (Å²) >= 11 is 0. The van der Waals surface area contributed by atoms with E-state index in [1.807, 2.05) is 30.3 Å². The summed E-state index contributed by atoms with van der Waals surface area (Å²) in [6.07, 6.45) is 1.26. The number of Topliss-reactive ketones (excluding diaryl/α,β-unsaturated/α-hetero) is 1. The van der Waals surface area contributed by atoms with Crippen LogP contribution in [-0.2, 0) is 4.79 Å². The summed E-state index contributed by atoms with van der Waals surface area (Å²) in [5, 5.41) is 3.29. The van der Waals surface area contributed by atoms with Gasteiger partial charge in [0.25, 0.3) is 5.56 Å². The highest BCUT2D eigenvalue weighted by atomic mass is 16.1. The van der Waals surface area contributed by atoms with E-state index >= 15 is 0 Å². The Morgan fingerprint density at radius 1 is 1.12 bits per heavy atom. The number of hydrogen-bond donors (Lipinski definition) is 2. The fraction of sp³-hybridized carbons (Fsp3) is 0.350. The van der Waals surface area contributed by atoms with Crippen molar-refractivity contribution in [3.8, 4) is 0 Å². The van der Waals surface area contributed by atoms with Crippen LogP contribution in [0.3, 0.4) is 0 Å². The number of benzene rings is 1. The molecule has 0 saturated carbocycles. The maximum Gasteiger partial charge on any atom is 0.257 e. The smallest absolute Gasteiger partial charge is 0.257 e. The molecule has 2 heterocycles. The maximum atomic E-state index is 13.0. The zero-order valence-corrected chi connectivity index (χ0v) is 14.6. The molecule has 1 atom stereocenters. The van der Waals surface area contributed by atoms with E-state index in [9.17, 15) is 9.59 Å². The lowest BCUT2D eigenvalue weighted by Crippen LogP contribution is -2.37. The first kappa shape index (κ1) is 15.8. The average Bonchev–Trinajstić information content (AvgIpc) is 2.52. The Balaban J connectivity index is 2.00. The minimum Gasteiger partial charge on any atom is -0.343 e. The van der Waals surface area contributed by atoms with Crippen molar-refractivity contribution >= 4 is 11.6 Å². The van der Waals surface area contributed by atoms with E-state index in [4.69, 9.17) is 0 Å². The minimum absolute atomic E-state index is 0.0993. The monoisotopic (exact) mass is 335 g/mol. The summed E-state index contributed by atoms with van der Waals surface area (Å²) in [7, 11) is 0. The van der Waals surface area contributed by atoms with E-state index in [0.717, 1.165) is 17.7 Å². The van der Waals surface area contributed by atoms with Crippen LogP contribution in [0, 0.1) is 12.3 Å². The Morgan fingerprint density at radius 2 is 1.84 bits per heavy atom. The van der Waals surface area contributed by atoms with E-state index in [1.54, 1.807) is 6.92 Å². The molecule has 0 amide bonds. The van der Waals surface area contributed by atoms with E-state index in [1.165, 1.54) is 0 Å². The summed E-state index contributed by atoms with van der Waals surface area (Å²) in [6.45, 7) is 5.96. The molecule has 1 aromatic carbocycles. The van der Waals surface area contributed by atoms with Gasteiger partial charge in [-0.2, -0.15) is 0 Å². The molecule has 25 heavy (non-hydrogen) atoms. The van der Waals surface area contributed by atoms with Gasteiger partial charge in [-0.25, -0.2) is 4.98 Å². The highest BCUT2D eigenvalue weighted by Gasteiger charge is 2.42. The molecule has 0 spiro atoms. The van der Waals surface area contributed by atoms with Crippen LogP contribution >= 0.6 is 0 Å². The molecular formula is C20H21N3O2. The summed E-state index contributed by atoms with van der Waals surface area (Å²) < 4.78 is 0. The quantitative estimate of drug-likeness (QED) is 0.839. The molecule has 128 valence electrons. The normalized spacial score (nSPS) is 21.4. The maximum absolute atomic E-state index is 13.0. The second kappa shape index (κ2) is 5.41. The van der Waals surface area contributed by atoms with Crippen molar-refractivity contribution in [3.63, 3.8) is 0 Å². The Kier molecular flexibility index (Phi) is 3.42. The third kappa shape index (κ3) is 2.60. The van der Waals surface area contributed by atoms with Gasteiger partial charge in [0.1, 0.15) is 11.6 Å². The number of ketones is 1. The van der Waals surface area contributed by atoms with Gasteiger partial charge in [-0.05, 0) is 24.3 Å². The predicted molar refractivity (Wildman–Crippen MR) is 96.6 cm³/mol. The number of nitrogens with zero attached hydrogens (tertiary/aromatic N) is 1. The highest BCUT2D eigenvalue weighted by molar-refractivity contribution is 6.01. The molecule has 1 aliphatic heterocycles. The molecule has 2 aromatic rings. The van der Waals surface area contributed by atoms with Gasteiger partial charge in [-0.15, -0.1) is 0 Å². The first-order valence-corrected chi connectivity index (χ1v) is 8.55. The Labute approximate surface area is 146 Å². The van der Waals surface area contributed by atoms with Gasteiger partial charge >= 0.3 is 0 Å². The number of rotatable bonds is 1. The highest BCUT2D eigenvalue weighted by Crippen LogP contribution is 2.47. The van der Waals surface area contributed by atoms with Crippen molar-refractivity contribution in [1.29, 1.82) is 0 Å². The summed E-state index contributed by atoms with van der Waals surface area (Å²) in [6, 6.07) is 9.74. The third-order valence-electron chi connectivity index (χ3n) is 4.97. The summed E-state index contributed by atoms with van der Waals surface area (Å²) in [5.74, 6) is 0.874. The number of fused-ring (bicyclic) bond motifs is 1. The van der Waals surface area contributed by atoms with Crippen LogP contribution < -0.4 is 10.9 Å². The predicted octanol–water partition coefficient (Wildman–Crippen LogP) is 3.28. The van der Waals surface area contributed by atoms with Crippen molar-refractivity contribution in [2.24, 2.45) is 5.41 Å². The number of carbonyl (C=O) groups excluding carboxylic acids is 1. The lowest BCUT2D eigenvalue weighted by molar-refractivity contribution is -0.118. The number of allylic oxidation sites excluding steroid dienone is 2. The minimum atomic E-state index is -0.368. The second-order valence-corrected chi connectivity index (χ2v) is 7.72. The molecule has 0 saturated heterocycles. The third-order valence-corrected chi connectivity index (χ3v) is 4.97. The first-order valence-electron chi connectivity index (χ1n) is 8.55. The number of aromatic nitrogens is 2. The molecule has 0 bridgehead atoms. The zero-order chi connectivity index (χ0) is 17.8. The van der Waals surface area contributed by atoms with Crippen molar-refractivity contribution < 1.29 is 4.79 Å². The van der Waals surface area contributed by atoms with Gasteiger partial charge < -0.3 is 10.3 Å². The molecule has 0 fully saturated rings. The zero-order valence-electron chi connectivity index (χ0n) is 14.6. The molecule has 2 N–H and O–H groups in total. The summed E-state index contributed by atoms with van der Waals surface area (Å²) in [4.78, 5) is 33.0. The van der Waals surface area contributed by atoms with E-state index in [0.29, 0.717) is 29.2 Å². The number of nitrogens with one attached hydrogen (secondary N) is 2. The van der Waals surface area contributed by atoms with Gasteiger partial charge in [0, 0.05) is 23.6 Å². The van der Waals surface area contributed by atoms with Crippen LogP contribution in [-0.4, -0.2) is 15.8 Å². The fourth-order valence-corrected chi connectivity index (χ4v) is 4.01. The van der Waals surface area contributed by atoms with Crippen molar-refractivity contribution in [3.05, 3.63) is 68.9 Å². The van der Waals surface area contributed by atoms with Gasteiger partial charge in [0.15, 0.2) is 5.78 Å². The Morgan fingerprint density at radius 3 is 2.56 bits per heavy atom. The number of hydrogen-bond acceptors (Lipinski definition) is 4. The SMILES string of the molecule is Cc1nc2c(c(=O)[nH]1)C(c1ccccc1)C1=C(CC(C)(C)CC1=O)N2. The number of aromatic amines is 1. The van der Waals surface area contributed by atoms with Gasteiger partial charge in [-0.1, -0.05) is 44.2 Å². The first-order chi connectivity index (χ1) is 11.9. The number of anilines is 1. The Hall–Kier alpha value is -2.69. The lowest BCUT2D eigenvalue weighted by atomic mass is 9.69. The topological polar surface area (TPSA) is 74.8 Å². The summed E-state index contributed by atoms with van der Waals surface area (Å²) in [5.41, 5.74) is 2.81. The lowest BCUT2D eigenvalue weighted by Gasteiger charge is -2.38. The van der Waals surface area contributed by atoms with Gasteiger partial charge in [-0.3, -0.25) is 9.59 Å². The van der Waals surface area contributed by atoms with Crippen LogP contribution in [0.1, 0.15) is 49.6 Å². The van der Waals surface area contributed by atoms with Gasteiger partial charge in [0.2, 0.25) is 0 Å². The number of carbonyl (C=O) groups is 1. The fourth-order valence-electron chi connectivity index (χ4n) is 4.01. The molecule has 2 aliphatic rings. The molecule has 1 aliphatic carbocycles. The molecule has 4 rings (SSSR count). The molecule has 1 unspecified atom stereocenters. The molecule has 0 radical (unpaired) electrons. The molecule has 1 aromatic heterocycles. The van der Waals surface area contributed by atoms with Crippen LogP contribution in [0.15, 0.2) is 46.4 Å². The Bertz CT molecular complexity index is 955. The largest absolute Gasteiger partial charge is 0.343 e. The molecule has 5 heteroatoms.